The molecule has 92 valence electrons. The minimum atomic E-state index is -0.686. The van der Waals surface area contributed by atoms with Crippen LogP contribution in [0, 0.1) is 0 Å². The zero-order chi connectivity index (χ0) is 12.3. The number of alkyl halides is 1. The topological polar surface area (TPSA) is 18.5 Å². The van der Waals surface area contributed by atoms with Crippen LogP contribution in [0.4, 0.5) is 0 Å². The van der Waals surface area contributed by atoms with E-state index in [1.165, 1.54) is 5.56 Å². The first-order chi connectivity index (χ1) is 8.17. The number of ether oxygens (including phenoxy) is 2. The number of rotatable bonds is 4. The standard InChI is InChI=1S/C14H17ClO2/c1-3-16-13-6-5-12-10-14(15,17-4-2)8-7-11(12)9-13/h5-9H,3-4,10H2,1-2H3. The summed E-state index contributed by atoms with van der Waals surface area (Å²) in [6.07, 6.45) is 4.61. The molecule has 1 atom stereocenters. The minimum Gasteiger partial charge on any atom is -0.494 e. The summed E-state index contributed by atoms with van der Waals surface area (Å²) in [7, 11) is 0. The molecule has 0 radical (unpaired) electrons. The molecule has 3 heteroatoms. The number of hydrogen-bond donors (Lipinski definition) is 0. The van der Waals surface area contributed by atoms with Gasteiger partial charge in [-0.05, 0) is 43.2 Å². The third-order valence-electron chi connectivity index (χ3n) is 2.76. The Labute approximate surface area is 107 Å². The van der Waals surface area contributed by atoms with Crippen LogP contribution in [0.2, 0.25) is 0 Å². The quantitative estimate of drug-likeness (QED) is 0.762. The van der Waals surface area contributed by atoms with Crippen molar-refractivity contribution >= 4 is 17.7 Å². The molecule has 0 spiro atoms. The molecular formula is C14H17ClO2. The lowest BCUT2D eigenvalue weighted by atomic mass is 9.95. The fourth-order valence-electron chi connectivity index (χ4n) is 2.02. The molecule has 1 unspecified atom stereocenters. The summed E-state index contributed by atoms with van der Waals surface area (Å²) in [5.41, 5.74) is 2.35. The zero-order valence-corrected chi connectivity index (χ0v) is 11.0. The zero-order valence-electron chi connectivity index (χ0n) is 10.2. The Hall–Kier alpha value is -0.990. The predicted molar refractivity (Wildman–Crippen MR) is 70.6 cm³/mol. The number of hydrogen-bond acceptors (Lipinski definition) is 2. The predicted octanol–water partition coefficient (Wildman–Crippen LogP) is 3.63. The van der Waals surface area contributed by atoms with Crippen LogP contribution in [0.3, 0.4) is 0 Å². The maximum atomic E-state index is 6.36. The van der Waals surface area contributed by atoms with Crippen LogP contribution >= 0.6 is 11.6 Å². The first-order valence-corrected chi connectivity index (χ1v) is 6.32. The highest BCUT2D eigenvalue weighted by molar-refractivity contribution is 6.24. The summed E-state index contributed by atoms with van der Waals surface area (Å²) < 4.78 is 11.0. The van der Waals surface area contributed by atoms with Gasteiger partial charge in [-0.2, -0.15) is 0 Å². The van der Waals surface area contributed by atoms with Gasteiger partial charge in [0.05, 0.1) is 6.61 Å². The van der Waals surface area contributed by atoms with E-state index < -0.39 is 5.06 Å². The van der Waals surface area contributed by atoms with Gasteiger partial charge < -0.3 is 9.47 Å². The van der Waals surface area contributed by atoms with E-state index in [0.717, 1.165) is 11.3 Å². The van der Waals surface area contributed by atoms with E-state index in [1.807, 2.05) is 38.1 Å². The summed E-state index contributed by atoms with van der Waals surface area (Å²) in [5, 5.41) is -0.686. The van der Waals surface area contributed by atoms with Gasteiger partial charge in [-0.3, -0.25) is 0 Å². The molecule has 1 aromatic carbocycles. The summed E-state index contributed by atoms with van der Waals surface area (Å²) >= 11 is 6.36. The lowest BCUT2D eigenvalue weighted by molar-refractivity contribution is 0.0635. The van der Waals surface area contributed by atoms with E-state index in [9.17, 15) is 0 Å². The molecule has 0 aliphatic heterocycles. The van der Waals surface area contributed by atoms with Gasteiger partial charge in [0.1, 0.15) is 5.75 Å². The SMILES string of the molecule is CCOc1ccc2c(c1)C=CC(Cl)(OCC)C2. The van der Waals surface area contributed by atoms with Crippen LogP contribution in [0.1, 0.15) is 25.0 Å². The van der Waals surface area contributed by atoms with Crippen LogP contribution in [-0.4, -0.2) is 18.3 Å². The van der Waals surface area contributed by atoms with Crippen molar-refractivity contribution in [2.75, 3.05) is 13.2 Å². The van der Waals surface area contributed by atoms with Crippen molar-refractivity contribution in [2.24, 2.45) is 0 Å². The van der Waals surface area contributed by atoms with Crippen LogP contribution in [-0.2, 0) is 11.2 Å². The Balaban J connectivity index is 2.23. The van der Waals surface area contributed by atoms with Crippen molar-refractivity contribution in [3.8, 4) is 5.75 Å². The second-order valence-electron chi connectivity index (χ2n) is 4.02. The van der Waals surface area contributed by atoms with E-state index in [2.05, 4.69) is 6.07 Å². The van der Waals surface area contributed by atoms with Crippen LogP contribution < -0.4 is 4.74 Å². The highest BCUT2D eigenvalue weighted by Crippen LogP contribution is 2.33. The monoisotopic (exact) mass is 252 g/mol. The second-order valence-corrected chi connectivity index (χ2v) is 4.66. The molecule has 0 saturated heterocycles. The van der Waals surface area contributed by atoms with Crippen LogP contribution in [0.25, 0.3) is 6.08 Å². The fraction of sp³-hybridized carbons (Fsp3) is 0.429. The molecule has 0 saturated carbocycles. The van der Waals surface area contributed by atoms with Crippen molar-refractivity contribution in [1.82, 2.24) is 0 Å². The first-order valence-electron chi connectivity index (χ1n) is 5.94. The summed E-state index contributed by atoms with van der Waals surface area (Å²) in [6, 6.07) is 6.07. The van der Waals surface area contributed by atoms with E-state index in [4.69, 9.17) is 21.1 Å². The van der Waals surface area contributed by atoms with Gasteiger partial charge in [0, 0.05) is 13.0 Å². The van der Waals surface area contributed by atoms with Crippen LogP contribution in [0.5, 0.6) is 5.75 Å². The smallest absolute Gasteiger partial charge is 0.164 e. The van der Waals surface area contributed by atoms with Gasteiger partial charge in [0.25, 0.3) is 0 Å². The molecule has 2 nitrogen and oxygen atoms in total. The lowest BCUT2D eigenvalue weighted by Crippen LogP contribution is -2.28. The Morgan fingerprint density at radius 2 is 2.12 bits per heavy atom. The average Bonchev–Trinajstić information content (AvgIpc) is 2.30. The van der Waals surface area contributed by atoms with E-state index in [0.29, 0.717) is 19.6 Å². The molecular weight excluding hydrogens is 236 g/mol. The Morgan fingerprint density at radius 1 is 1.29 bits per heavy atom. The highest BCUT2D eigenvalue weighted by atomic mass is 35.5. The second kappa shape index (κ2) is 5.11. The Morgan fingerprint density at radius 3 is 2.82 bits per heavy atom. The molecule has 0 heterocycles. The average molecular weight is 253 g/mol. The van der Waals surface area contributed by atoms with E-state index in [-0.39, 0.29) is 0 Å². The Bertz CT molecular complexity index is 428. The molecule has 2 rings (SSSR count). The van der Waals surface area contributed by atoms with Crippen molar-refractivity contribution in [3.05, 3.63) is 35.4 Å². The lowest BCUT2D eigenvalue weighted by Gasteiger charge is -2.27. The Kier molecular flexibility index (Phi) is 3.75. The van der Waals surface area contributed by atoms with E-state index >= 15 is 0 Å². The fourth-order valence-corrected chi connectivity index (χ4v) is 2.33. The third-order valence-corrected chi connectivity index (χ3v) is 3.12. The molecule has 1 aromatic rings. The van der Waals surface area contributed by atoms with Gasteiger partial charge in [-0.1, -0.05) is 23.7 Å². The molecule has 0 bridgehead atoms. The maximum absolute atomic E-state index is 6.36. The number of fused-ring (bicyclic) bond motifs is 1. The van der Waals surface area contributed by atoms with Crippen LogP contribution in [0.15, 0.2) is 24.3 Å². The number of benzene rings is 1. The van der Waals surface area contributed by atoms with Gasteiger partial charge in [0.2, 0.25) is 0 Å². The summed E-state index contributed by atoms with van der Waals surface area (Å²) in [6.45, 7) is 5.22. The van der Waals surface area contributed by atoms with Gasteiger partial charge in [0.15, 0.2) is 5.06 Å². The largest absolute Gasteiger partial charge is 0.494 e. The highest BCUT2D eigenvalue weighted by Gasteiger charge is 2.28. The molecule has 0 fully saturated rings. The first kappa shape index (κ1) is 12.5. The van der Waals surface area contributed by atoms with E-state index in [1.54, 1.807) is 0 Å². The summed E-state index contributed by atoms with van der Waals surface area (Å²) in [5.74, 6) is 0.898. The number of halogens is 1. The molecule has 0 amide bonds. The third kappa shape index (κ3) is 2.82. The van der Waals surface area contributed by atoms with Crippen molar-refractivity contribution in [1.29, 1.82) is 0 Å². The maximum Gasteiger partial charge on any atom is 0.164 e. The molecule has 0 aromatic heterocycles. The molecule has 1 aliphatic carbocycles. The van der Waals surface area contributed by atoms with Crippen molar-refractivity contribution < 1.29 is 9.47 Å². The van der Waals surface area contributed by atoms with Gasteiger partial charge in [-0.15, -0.1) is 0 Å². The summed E-state index contributed by atoms with van der Waals surface area (Å²) in [4.78, 5) is 0. The normalized spacial score (nSPS) is 22.3. The van der Waals surface area contributed by atoms with Gasteiger partial charge >= 0.3 is 0 Å². The van der Waals surface area contributed by atoms with Crippen molar-refractivity contribution in [2.45, 2.75) is 25.3 Å². The molecule has 0 N–H and O–H groups in total. The molecule has 17 heavy (non-hydrogen) atoms. The molecule has 1 aliphatic rings. The van der Waals surface area contributed by atoms with Crippen molar-refractivity contribution in [3.63, 3.8) is 0 Å². The minimum absolute atomic E-state index is 0.611. The van der Waals surface area contributed by atoms with Gasteiger partial charge in [-0.25, -0.2) is 0 Å².